The first-order valence-electron chi connectivity index (χ1n) is 9.07. The number of carbonyl (C=O) groups is 2. The first-order chi connectivity index (χ1) is 13.7. The molecule has 0 heterocycles. The quantitative estimate of drug-likeness (QED) is 0.636. The van der Waals surface area contributed by atoms with Crippen molar-refractivity contribution in [1.29, 1.82) is 0 Å². The summed E-state index contributed by atoms with van der Waals surface area (Å²) >= 11 is 6.07. The van der Waals surface area contributed by atoms with Crippen molar-refractivity contribution in [3.63, 3.8) is 0 Å². The second-order valence-electron chi connectivity index (χ2n) is 6.14. The van der Waals surface area contributed by atoms with Gasteiger partial charge < -0.3 is 10.1 Å². The van der Waals surface area contributed by atoms with Crippen molar-refractivity contribution >= 4 is 39.2 Å². The maximum absolute atomic E-state index is 12.7. The van der Waals surface area contributed by atoms with Gasteiger partial charge in [-0.1, -0.05) is 43.6 Å². The summed E-state index contributed by atoms with van der Waals surface area (Å²) in [7, 11) is -3.86. The summed E-state index contributed by atoms with van der Waals surface area (Å²) in [5.41, 5.74) is 0.555. The van der Waals surface area contributed by atoms with Crippen LogP contribution in [-0.4, -0.2) is 43.8 Å². The number of amides is 1. The molecule has 2 rings (SSSR count). The van der Waals surface area contributed by atoms with Crippen molar-refractivity contribution in [3.8, 4) is 0 Å². The Morgan fingerprint density at radius 1 is 1.10 bits per heavy atom. The monoisotopic (exact) mass is 438 g/mol. The standard InChI is InChI=1S/C20H23ClN2O5S/c1-4-23(5-2)29(26,27)18-13-15(11-12-17(18)21)20(25)28-14(3)19(24)22-16-9-7-6-8-10-16/h6-14H,4-5H2,1-3H3,(H,22,24)/t14-/m1/s1. The van der Waals surface area contributed by atoms with Gasteiger partial charge in [-0.2, -0.15) is 4.31 Å². The highest BCUT2D eigenvalue weighted by molar-refractivity contribution is 7.89. The van der Waals surface area contributed by atoms with Gasteiger partial charge in [0, 0.05) is 18.8 Å². The predicted octanol–water partition coefficient (Wildman–Crippen LogP) is 3.55. The molecule has 0 spiro atoms. The van der Waals surface area contributed by atoms with E-state index in [9.17, 15) is 18.0 Å². The molecule has 0 aromatic heterocycles. The van der Waals surface area contributed by atoms with E-state index in [0.29, 0.717) is 5.69 Å². The highest BCUT2D eigenvalue weighted by Gasteiger charge is 2.27. The summed E-state index contributed by atoms with van der Waals surface area (Å²) in [5, 5.41) is 2.64. The molecule has 0 saturated heterocycles. The number of para-hydroxylation sites is 1. The Labute approximate surface area is 175 Å². The van der Waals surface area contributed by atoms with Crippen LogP contribution < -0.4 is 5.32 Å². The van der Waals surface area contributed by atoms with E-state index in [1.807, 2.05) is 6.07 Å². The molecule has 0 radical (unpaired) electrons. The number of hydrogen-bond donors (Lipinski definition) is 1. The first-order valence-corrected chi connectivity index (χ1v) is 10.9. The summed E-state index contributed by atoms with van der Waals surface area (Å²) in [5.74, 6) is -1.33. The maximum Gasteiger partial charge on any atom is 0.338 e. The van der Waals surface area contributed by atoms with E-state index in [1.54, 1.807) is 38.1 Å². The lowest BCUT2D eigenvalue weighted by Gasteiger charge is -2.19. The molecular weight excluding hydrogens is 416 g/mol. The van der Waals surface area contributed by atoms with Gasteiger partial charge in [0.2, 0.25) is 10.0 Å². The largest absolute Gasteiger partial charge is 0.449 e. The van der Waals surface area contributed by atoms with E-state index in [1.165, 1.54) is 29.4 Å². The van der Waals surface area contributed by atoms with Gasteiger partial charge >= 0.3 is 5.97 Å². The zero-order valence-electron chi connectivity index (χ0n) is 16.4. The lowest BCUT2D eigenvalue weighted by molar-refractivity contribution is -0.123. The molecule has 1 atom stereocenters. The first kappa shape index (κ1) is 22.9. The number of nitrogens with zero attached hydrogens (tertiary/aromatic N) is 1. The van der Waals surface area contributed by atoms with Crippen molar-refractivity contribution in [2.75, 3.05) is 18.4 Å². The molecule has 1 amide bonds. The Morgan fingerprint density at radius 2 is 1.72 bits per heavy atom. The molecule has 156 valence electrons. The fourth-order valence-electron chi connectivity index (χ4n) is 2.58. The number of ether oxygens (including phenoxy) is 1. The van der Waals surface area contributed by atoms with Crippen molar-refractivity contribution in [2.45, 2.75) is 31.8 Å². The highest BCUT2D eigenvalue weighted by Crippen LogP contribution is 2.26. The molecule has 2 aromatic carbocycles. The molecule has 9 heteroatoms. The minimum Gasteiger partial charge on any atom is -0.449 e. The minimum atomic E-state index is -3.86. The van der Waals surface area contributed by atoms with Crippen LogP contribution in [0, 0.1) is 0 Å². The fourth-order valence-corrected chi connectivity index (χ4v) is 4.54. The third-order valence-corrected chi connectivity index (χ3v) is 6.72. The number of rotatable bonds is 8. The molecule has 29 heavy (non-hydrogen) atoms. The smallest absolute Gasteiger partial charge is 0.338 e. The van der Waals surface area contributed by atoms with E-state index in [2.05, 4.69) is 5.32 Å². The zero-order valence-corrected chi connectivity index (χ0v) is 18.0. The van der Waals surface area contributed by atoms with E-state index >= 15 is 0 Å². The molecule has 0 aliphatic heterocycles. The number of hydrogen-bond acceptors (Lipinski definition) is 5. The maximum atomic E-state index is 12.7. The molecule has 0 saturated carbocycles. The SMILES string of the molecule is CCN(CC)S(=O)(=O)c1cc(C(=O)O[C@H](C)C(=O)Nc2ccccc2)ccc1Cl. The van der Waals surface area contributed by atoms with E-state index < -0.39 is 28.0 Å². The van der Waals surface area contributed by atoms with Gasteiger partial charge in [0.05, 0.1) is 10.6 Å². The summed E-state index contributed by atoms with van der Waals surface area (Å²) in [4.78, 5) is 24.5. The fraction of sp³-hybridized carbons (Fsp3) is 0.300. The van der Waals surface area contributed by atoms with Gasteiger partial charge in [0.1, 0.15) is 4.90 Å². The van der Waals surface area contributed by atoms with E-state index in [4.69, 9.17) is 16.3 Å². The van der Waals surface area contributed by atoms with Crippen LogP contribution in [0.3, 0.4) is 0 Å². The van der Waals surface area contributed by atoms with Crippen molar-refractivity contribution in [1.82, 2.24) is 4.31 Å². The van der Waals surface area contributed by atoms with Crippen molar-refractivity contribution < 1.29 is 22.7 Å². The normalized spacial score (nSPS) is 12.4. The molecule has 0 aliphatic carbocycles. The number of carbonyl (C=O) groups excluding carboxylic acids is 2. The number of anilines is 1. The molecule has 0 fully saturated rings. The summed E-state index contributed by atoms with van der Waals surface area (Å²) in [6, 6.07) is 12.6. The third kappa shape index (κ3) is 5.56. The van der Waals surface area contributed by atoms with Gasteiger partial charge in [0.25, 0.3) is 5.91 Å². The minimum absolute atomic E-state index is 0.00307. The summed E-state index contributed by atoms with van der Waals surface area (Å²) in [6.45, 7) is 5.38. The third-order valence-electron chi connectivity index (χ3n) is 4.18. The van der Waals surface area contributed by atoms with Crippen LogP contribution in [0.15, 0.2) is 53.4 Å². The Balaban J connectivity index is 2.18. The Kier molecular flexibility index (Phi) is 7.78. The number of esters is 1. The molecule has 0 aliphatic rings. The second-order valence-corrected chi connectivity index (χ2v) is 8.45. The second kappa shape index (κ2) is 9.87. The van der Waals surface area contributed by atoms with Crippen LogP contribution in [-0.2, 0) is 19.6 Å². The predicted molar refractivity (Wildman–Crippen MR) is 112 cm³/mol. The van der Waals surface area contributed by atoms with Crippen LogP contribution in [0.4, 0.5) is 5.69 Å². The molecule has 1 N–H and O–H groups in total. The Morgan fingerprint density at radius 3 is 2.31 bits per heavy atom. The Hall–Kier alpha value is -2.42. The average Bonchev–Trinajstić information content (AvgIpc) is 2.69. The molecule has 0 unspecified atom stereocenters. The van der Waals surface area contributed by atoms with Crippen LogP contribution in [0.25, 0.3) is 0 Å². The van der Waals surface area contributed by atoms with Gasteiger partial charge in [-0.25, -0.2) is 13.2 Å². The summed E-state index contributed by atoms with van der Waals surface area (Å²) < 4.78 is 31.9. The molecule has 7 nitrogen and oxygen atoms in total. The molecular formula is C20H23ClN2O5S. The van der Waals surface area contributed by atoms with Crippen LogP contribution in [0.5, 0.6) is 0 Å². The molecule has 0 bridgehead atoms. The van der Waals surface area contributed by atoms with Crippen molar-refractivity contribution in [2.24, 2.45) is 0 Å². The zero-order chi connectivity index (χ0) is 21.6. The number of benzene rings is 2. The number of nitrogens with one attached hydrogen (secondary N) is 1. The Bertz CT molecular complexity index is 976. The van der Waals surface area contributed by atoms with Crippen molar-refractivity contribution in [3.05, 3.63) is 59.1 Å². The van der Waals surface area contributed by atoms with Crippen LogP contribution in [0.1, 0.15) is 31.1 Å². The lowest BCUT2D eigenvalue weighted by atomic mass is 10.2. The number of sulfonamides is 1. The molecule has 2 aromatic rings. The highest BCUT2D eigenvalue weighted by atomic mass is 35.5. The van der Waals surface area contributed by atoms with Gasteiger partial charge in [-0.05, 0) is 37.3 Å². The van der Waals surface area contributed by atoms with Gasteiger partial charge in [-0.15, -0.1) is 0 Å². The van der Waals surface area contributed by atoms with Gasteiger partial charge in [-0.3, -0.25) is 4.79 Å². The van der Waals surface area contributed by atoms with E-state index in [0.717, 1.165) is 0 Å². The van der Waals surface area contributed by atoms with E-state index in [-0.39, 0.29) is 28.6 Å². The average molecular weight is 439 g/mol. The summed E-state index contributed by atoms with van der Waals surface area (Å²) in [6.07, 6.45) is -1.08. The number of halogens is 1. The topological polar surface area (TPSA) is 92.8 Å². The van der Waals surface area contributed by atoms with Crippen LogP contribution >= 0.6 is 11.6 Å². The van der Waals surface area contributed by atoms with Gasteiger partial charge in [0.15, 0.2) is 6.10 Å². The lowest BCUT2D eigenvalue weighted by Crippen LogP contribution is -2.31. The van der Waals surface area contributed by atoms with Crippen LogP contribution in [0.2, 0.25) is 5.02 Å².